The number of hydrogen-bond donors (Lipinski definition) is 1. The van der Waals surface area contributed by atoms with Crippen LogP contribution in [-0.2, 0) is 0 Å². The summed E-state index contributed by atoms with van der Waals surface area (Å²) in [4.78, 5) is 2.13. The first-order valence-electron chi connectivity index (χ1n) is 4.39. The zero-order chi connectivity index (χ0) is 9.26. The molecule has 69 valence electrons. The van der Waals surface area contributed by atoms with Crippen LogP contribution in [0, 0.1) is 12.2 Å². The third-order valence-corrected chi connectivity index (χ3v) is 2.30. The Morgan fingerprint density at radius 3 is 2.85 bits per heavy atom. The van der Waals surface area contributed by atoms with Crippen molar-refractivity contribution in [3.8, 4) is 0 Å². The summed E-state index contributed by atoms with van der Waals surface area (Å²) < 4.78 is 13.1. The number of nitrogens with two attached hydrogens (primary N) is 1. The largest absolute Gasteiger partial charge is 0.396 e. The highest BCUT2D eigenvalue weighted by molar-refractivity contribution is 5.55. The number of rotatable bonds is 1. The minimum absolute atomic E-state index is 0.215. The molecule has 1 aliphatic rings. The summed E-state index contributed by atoms with van der Waals surface area (Å²) in [6, 6.07) is 4.97. The Morgan fingerprint density at radius 2 is 2.23 bits per heavy atom. The highest BCUT2D eigenvalue weighted by Gasteiger charge is 2.13. The fraction of sp³-hybridized carbons (Fsp3) is 0.300. The van der Waals surface area contributed by atoms with Crippen molar-refractivity contribution < 1.29 is 4.39 Å². The van der Waals surface area contributed by atoms with E-state index in [-0.39, 0.29) is 11.5 Å². The molecule has 1 heterocycles. The summed E-state index contributed by atoms with van der Waals surface area (Å²) in [6.07, 6.45) is 3.26. The molecule has 1 saturated heterocycles. The van der Waals surface area contributed by atoms with E-state index in [9.17, 15) is 4.39 Å². The number of halogens is 1. The summed E-state index contributed by atoms with van der Waals surface area (Å²) in [5.74, 6) is -0.329. The molecule has 0 atom stereocenters. The van der Waals surface area contributed by atoms with Gasteiger partial charge in [-0.1, -0.05) is 0 Å². The van der Waals surface area contributed by atoms with Gasteiger partial charge in [-0.3, -0.25) is 0 Å². The van der Waals surface area contributed by atoms with Crippen LogP contribution in [0.5, 0.6) is 0 Å². The Labute approximate surface area is 77.2 Å². The Bertz CT molecular complexity index is 306. The molecule has 0 aromatic heterocycles. The molecule has 0 unspecified atom stereocenters. The standard InChI is InChI=1S/C10H12FN2/c11-9-7-8(3-4-10(9)12)13-5-1-2-6-13/h1,3-4,7H,2,5-6,12H2. The fourth-order valence-electron chi connectivity index (χ4n) is 1.53. The van der Waals surface area contributed by atoms with Gasteiger partial charge in [-0.2, -0.15) is 0 Å². The van der Waals surface area contributed by atoms with E-state index < -0.39 is 0 Å². The van der Waals surface area contributed by atoms with Gasteiger partial charge in [0.2, 0.25) is 0 Å². The molecule has 1 fully saturated rings. The van der Waals surface area contributed by atoms with Crippen LogP contribution in [0.4, 0.5) is 15.8 Å². The van der Waals surface area contributed by atoms with Gasteiger partial charge >= 0.3 is 0 Å². The molecule has 0 saturated carbocycles. The average Bonchev–Trinajstić information content (AvgIpc) is 2.62. The molecular formula is C10H12FN2. The second-order valence-electron chi connectivity index (χ2n) is 3.23. The van der Waals surface area contributed by atoms with Gasteiger partial charge in [0.05, 0.1) is 5.69 Å². The highest BCUT2D eigenvalue weighted by atomic mass is 19.1. The monoisotopic (exact) mass is 179 g/mol. The van der Waals surface area contributed by atoms with E-state index in [1.807, 2.05) is 6.07 Å². The third-order valence-electron chi connectivity index (χ3n) is 2.30. The Hall–Kier alpha value is -1.25. The lowest BCUT2D eigenvalue weighted by molar-refractivity contribution is 0.632. The van der Waals surface area contributed by atoms with Crippen molar-refractivity contribution in [3.63, 3.8) is 0 Å². The van der Waals surface area contributed by atoms with Crippen LogP contribution >= 0.6 is 0 Å². The van der Waals surface area contributed by atoms with Gasteiger partial charge in [0.1, 0.15) is 5.82 Å². The Kier molecular flexibility index (Phi) is 2.08. The van der Waals surface area contributed by atoms with Crippen molar-refractivity contribution in [1.82, 2.24) is 0 Å². The topological polar surface area (TPSA) is 29.3 Å². The molecule has 0 aliphatic carbocycles. The predicted octanol–water partition coefficient (Wildman–Crippen LogP) is 1.82. The minimum atomic E-state index is -0.329. The van der Waals surface area contributed by atoms with Crippen LogP contribution in [-0.4, -0.2) is 13.1 Å². The summed E-state index contributed by atoms with van der Waals surface area (Å²) in [6.45, 7) is 1.88. The third kappa shape index (κ3) is 1.59. The van der Waals surface area contributed by atoms with E-state index in [1.54, 1.807) is 6.07 Å². The molecule has 2 N–H and O–H groups in total. The Morgan fingerprint density at radius 1 is 1.38 bits per heavy atom. The van der Waals surface area contributed by atoms with Crippen LogP contribution in [0.3, 0.4) is 0 Å². The zero-order valence-electron chi connectivity index (χ0n) is 7.33. The van der Waals surface area contributed by atoms with Gasteiger partial charge in [-0.15, -0.1) is 0 Å². The number of anilines is 2. The van der Waals surface area contributed by atoms with Crippen molar-refractivity contribution in [2.45, 2.75) is 6.42 Å². The molecule has 3 heteroatoms. The minimum Gasteiger partial charge on any atom is -0.396 e. The van der Waals surface area contributed by atoms with Crippen LogP contribution in [0.1, 0.15) is 6.42 Å². The van der Waals surface area contributed by atoms with Crippen LogP contribution in [0.15, 0.2) is 18.2 Å². The lowest BCUT2D eigenvalue weighted by atomic mass is 10.2. The lowest BCUT2D eigenvalue weighted by Gasteiger charge is -2.17. The van der Waals surface area contributed by atoms with Crippen molar-refractivity contribution in [2.75, 3.05) is 23.7 Å². The van der Waals surface area contributed by atoms with Gasteiger partial charge in [-0.25, -0.2) is 4.39 Å². The van der Waals surface area contributed by atoms with E-state index in [0.29, 0.717) is 0 Å². The molecule has 2 nitrogen and oxygen atoms in total. The smallest absolute Gasteiger partial charge is 0.148 e. The zero-order valence-corrected chi connectivity index (χ0v) is 7.33. The summed E-state index contributed by atoms with van der Waals surface area (Å²) >= 11 is 0. The maximum absolute atomic E-state index is 13.1. The summed E-state index contributed by atoms with van der Waals surface area (Å²) in [7, 11) is 0. The van der Waals surface area contributed by atoms with E-state index >= 15 is 0 Å². The van der Waals surface area contributed by atoms with Gasteiger partial charge < -0.3 is 10.6 Å². The molecule has 1 aliphatic heterocycles. The first-order valence-corrected chi connectivity index (χ1v) is 4.39. The first-order chi connectivity index (χ1) is 6.27. The van der Waals surface area contributed by atoms with Crippen LogP contribution in [0.2, 0.25) is 0 Å². The van der Waals surface area contributed by atoms with Crippen molar-refractivity contribution >= 4 is 11.4 Å². The number of benzene rings is 1. The van der Waals surface area contributed by atoms with Crippen molar-refractivity contribution in [2.24, 2.45) is 0 Å². The SMILES string of the molecule is Nc1ccc(N2C[CH]CC2)cc1F. The van der Waals surface area contributed by atoms with Gasteiger partial charge in [0.15, 0.2) is 0 Å². The lowest BCUT2D eigenvalue weighted by Crippen LogP contribution is -2.17. The Balaban J connectivity index is 2.25. The molecule has 13 heavy (non-hydrogen) atoms. The molecule has 0 amide bonds. The van der Waals surface area contributed by atoms with E-state index in [1.165, 1.54) is 6.07 Å². The van der Waals surface area contributed by atoms with E-state index in [2.05, 4.69) is 11.3 Å². The molecule has 1 radical (unpaired) electrons. The predicted molar refractivity (Wildman–Crippen MR) is 51.9 cm³/mol. The maximum atomic E-state index is 13.1. The van der Waals surface area contributed by atoms with Crippen LogP contribution < -0.4 is 10.6 Å². The van der Waals surface area contributed by atoms with Gasteiger partial charge in [-0.05, 0) is 31.0 Å². The molecule has 1 aromatic rings. The molecule has 0 bridgehead atoms. The van der Waals surface area contributed by atoms with E-state index in [4.69, 9.17) is 5.73 Å². The average molecular weight is 179 g/mol. The second-order valence-corrected chi connectivity index (χ2v) is 3.23. The van der Waals surface area contributed by atoms with Crippen molar-refractivity contribution in [3.05, 3.63) is 30.4 Å². The highest BCUT2D eigenvalue weighted by Crippen LogP contribution is 2.22. The molecule has 2 rings (SSSR count). The number of nitrogen functional groups attached to an aromatic ring is 1. The second kappa shape index (κ2) is 3.24. The number of nitrogens with zero attached hydrogens (tertiary/aromatic N) is 1. The molecule has 1 aromatic carbocycles. The first kappa shape index (κ1) is 8.35. The van der Waals surface area contributed by atoms with Gasteiger partial charge in [0.25, 0.3) is 0 Å². The quantitative estimate of drug-likeness (QED) is 0.666. The van der Waals surface area contributed by atoms with E-state index in [0.717, 1.165) is 25.2 Å². The molecule has 0 spiro atoms. The fourth-order valence-corrected chi connectivity index (χ4v) is 1.53. The normalized spacial score (nSPS) is 16.5. The number of hydrogen-bond acceptors (Lipinski definition) is 2. The molecular weight excluding hydrogens is 167 g/mol. The summed E-state index contributed by atoms with van der Waals surface area (Å²) in [5.41, 5.74) is 6.52. The summed E-state index contributed by atoms with van der Waals surface area (Å²) in [5, 5.41) is 0. The van der Waals surface area contributed by atoms with Crippen LogP contribution in [0.25, 0.3) is 0 Å². The van der Waals surface area contributed by atoms with Gasteiger partial charge in [0, 0.05) is 18.8 Å². The maximum Gasteiger partial charge on any atom is 0.148 e. The van der Waals surface area contributed by atoms with Crippen molar-refractivity contribution in [1.29, 1.82) is 0 Å².